The maximum atomic E-state index is 12.7. The van der Waals surface area contributed by atoms with Gasteiger partial charge in [-0.15, -0.1) is 5.10 Å². The second-order valence-electron chi connectivity index (χ2n) is 7.59. The monoisotopic (exact) mass is 429 g/mol. The number of rotatable bonds is 4. The van der Waals surface area contributed by atoms with Crippen molar-refractivity contribution in [1.29, 1.82) is 0 Å². The maximum absolute atomic E-state index is 12.7. The first kappa shape index (κ1) is 20.2. The minimum Gasteiger partial charge on any atom is -0.357 e. The summed E-state index contributed by atoms with van der Waals surface area (Å²) in [5.74, 6) is -0.113. The van der Waals surface area contributed by atoms with Crippen LogP contribution in [0.25, 0.3) is 10.9 Å². The number of piperidine rings is 1. The van der Waals surface area contributed by atoms with Gasteiger partial charge in [0.2, 0.25) is 0 Å². The van der Waals surface area contributed by atoms with Crippen molar-refractivity contribution in [3.8, 4) is 0 Å². The predicted molar refractivity (Wildman–Crippen MR) is 113 cm³/mol. The van der Waals surface area contributed by atoms with Gasteiger partial charge in [-0.05, 0) is 37.1 Å². The molecule has 2 aromatic heterocycles. The Morgan fingerprint density at radius 1 is 1.37 bits per heavy atom. The van der Waals surface area contributed by atoms with Gasteiger partial charge < -0.3 is 20.1 Å². The summed E-state index contributed by atoms with van der Waals surface area (Å²) in [6, 6.07) is 7.38. The van der Waals surface area contributed by atoms with Crippen LogP contribution >= 0.6 is 11.6 Å². The molecule has 10 heteroatoms. The zero-order chi connectivity index (χ0) is 21.3. The predicted octanol–water partition coefficient (Wildman–Crippen LogP) is 2.40. The van der Waals surface area contributed by atoms with Crippen molar-refractivity contribution < 1.29 is 9.59 Å². The number of amides is 3. The van der Waals surface area contributed by atoms with Crippen LogP contribution in [0.4, 0.5) is 4.79 Å². The fourth-order valence-electron chi connectivity index (χ4n) is 3.82. The minimum atomic E-state index is -0.173. The van der Waals surface area contributed by atoms with E-state index in [9.17, 15) is 9.59 Å². The largest absolute Gasteiger partial charge is 0.357 e. The number of hydrogen-bond donors (Lipinski definition) is 2. The van der Waals surface area contributed by atoms with E-state index in [1.807, 2.05) is 24.3 Å². The summed E-state index contributed by atoms with van der Waals surface area (Å²) >= 11 is 6.03. The molecule has 158 valence electrons. The standard InChI is InChI=1S/C20H24ClN7O2/c1-26(16-4-3-7-28(12-16)19(29)18-11-23-25-27(18)2)20(30)22-10-15-9-13-8-14(21)5-6-17(13)24-15/h5-6,8-9,11,16,24H,3-4,7,10,12H2,1-2H3,(H,22,30)/t16-/m1/s1. The van der Waals surface area contributed by atoms with Gasteiger partial charge in [-0.2, -0.15) is 0 Å². The number of nitrogens with zero attached hydrogens (tertiary/aromatic N) is 5. The van der Waals surface area contributed by atoms with Gasteiger partial charge in [0, 0.05) is 48.8 Å². The van der Waals surface area contributed by atoms with Crippen molar-refractivity contribution >= 4 is 34.4 Å². The lowest BCUT2D eigenvalue weighted by molar-refractivity contribution is 0.0625. The Balaban J connectivity index is 1.35. The number of carbonyl (C=O) groups excluding carboxylic acids is 2. The highest BCUT2D eigenvalue weighted by Crippen LogP contribution is 2.20. The highest BCUT2D eigenvalue weighted by atomic mass is 35.5. The van der Waals surface area contributed by atoms with Crippen molar-refractivity contribution in [2.75, 3.05) is 20.1 Å². The number of likely N-dealkylation sites (tertiary alicyclic amines) is 1. The molecular weight excluding hydrogens is 406 g/mol. The van der Waals surface area contributed by atoms with Crippen LogP contribution in [0.1, 0.15) is 29.0 Å². The molecule has 30 heavy (non-hydrogen) atoms. The third-order valence-corrected chi connectivity index (χ3v) is 5.79. The number of fused-ring (bicyclic) bond motifs is 1. The molecular formula is C20H24ClN7O2. The Hall–Kier alpha value is -3.07. The normalized spacial score (nSPS) is 16.6. The Kier molecular flexibility index (Phi) is 5.63. The smallest absolute Gasteiger partial charge is 0.317 e. The number of aromatic nitrogens is 4. The Labute approximate surface area is 179 Å². The quantitative estimate of drug-likeness (QED) is 0.665. The van der Waals surface area contributed by atoms with E-state index < -0.39 is 0 Å². The zero-order valence-corrected chi connectivity index (χ0v) is 17.7. The van der Waals surface area contributed by atoms with E-state index in [-0.39, 0.29) is 18.0 Å². The third-order valence-electron chi connectivity index (χ3n) is 5.55. The van der Waals surface area contributed by atoms with Crippen LogP contribution in [0.3, 0.4) is 0 Å². The average Bonchev–Trinajstić information content (AvgIpc) is 3.36. The van der Waals surface area contributed by atoms with Crippen LogP contribution in [0.5, 0.6) is 0 Å². The van der Waals surface area contributed by atoms with Gasteiger partial charge >= 0.3 is 6.03 Å². The Morgan fingerprint density at radius 2 is 2.20 bits per heavy atom. The van der Waals surface area contributed by atoms with E-state index >= 15 is 0 Å². The van der Waals surface area contributed by atoms with Gasteiger partial charge in [0.05, 0.1) is 18.8 Å². The highest BCUT2D eigenvalue weighted by molar-refractivity contribution is 6.31. The molecule has 0 unspecified atom stereocenters. The SMILES string of the molecule is CN(C(=O)NCc1cc2cc(Cl)ccc2[nH]1)[C@@H]1CCCN(C(=O)c2cnnn2C)C1. The van der Waals surface area contributed by atoms with E-state index in [0.717, 1.165) is 29.4 Å². The first-order valence-corrected chi connectivity index (χ1v) is 10.2. The first-order chi connectivity index (χ1) is 14.4. The van der Waals surface area contributed by atoms with Crippen LogP contribution < -0.4 is 5.32 Å². The molecule has 0 saturated carbocycles. The summed E-state index contributed by atoms with van der Waals surface area (Å²) in [5.41, 5.74) is 2.32. The molecule has 0 radical (unpaired) electrons. The molecule has 1 atom stereocenters. The topological polar surface area (TPSA) is 99.2 Å². The second-order valence-corrected chi connectivity index (χ2v) is 8.02. The molecule has 3 heterocycles. The van der Waals surface area contributed by atoms with Gasteiger partial charge in [-0.3, -0.25) is 4.79 Å². The number of benzene rings is 1. The third kappa shape index (κ3) is 4.11. The van der Waals surface area contributed by atoms with Crippen molar-refractivity contribution in [1.82, 2.24) is 35.1 Å². The van der Waals surface area contributed by atoms with Crippen LogP contribution in [-0.4, -0.2) is 67.9 Å². The number of likely N-dealkylation sites (N-methyl/N-ethyl adjacent to an activating group) is 1. The number of aryl methyl sites for hydroxylation is 1. The Morgan fingerprint density at radius 3 is 2.97 bits per heavy atom. The van der Waals surface area contributed by atoms with Crippen molar-refractivity contribution in [3.05, 3.63) is 46.9 Å². The van der Waals surface area contributed by atoms with E-state index in [1.54, 1.807) is 23.9 Å². The van der Waals surface area contributed by atoms with Gasteiger partial charge in [0.15, 0.2) is 0 Å². The van der Waals surface area contributed by atoms with Gasteiger partial charge in [0.1, 0.15) is 5.69 Å². The minimum absolute atomic E-state index is 0.0505. The van der Waals surface area contributed by atoms with Crippen LogP contribution in [0.15, 0.2) is 30.5 Å². The van der Waals surface area contributed by atoms with E-state index in [2.05, 4.69) is 20.6 Å². The molecule has 3 aromatic rings. The maximum Gasteiger partial charge on any atom is 0.317 e. The summed E-state index contributed by atoms with van der Waals surface area (Å²) in [6.45, 7) is 1.53. The lowest BCUT2D eigenvalue weighted by Crippen LogP contribution is -2.52. The molecule has 1 aliphatic heterocycles. The Bertz CT molecular complexity index is 1080. The van der Waals surface area contributed by atoms with E-state index in [4.69, 9.17) is 11.6 Å². The number of aromatic amines is 1. The molecule has 1 saturated heterocycles. The number of H-pyrrole nitrogens is 1. The van der Waals surface area contributed by atoms with Crippen molar-refractivity contribution in [2.45, 2.75) is 25.4 Å². The summed E-state index contributed by atoms with van der Waals surface area (Å²) < 4.78 is 1.47. The molecule has 0 aliphatic carbocycles. The molecule has 3 amide bonds. The number of nitrogens with one attached hydrogen (secondary N) is 2. The first-order valence-electron chi connectivity index (χ1n) is 9.84. The van der Waals surface area contributed by atoms with E-state index in [0.29, 0.717) is 30.4 Å². The van der Waals surface area contributed by atoms with Crippen LogP contribution in [0.2, 0.25) is 5.02 Å². The molecule has 1 aliphatic rings. The van der Waals surface area contributed by atoms with Gasteiger partial charge in [-0.25, -0.2) is 9.48 Å². The summed E-state index contributed by atoms with van der Waals surface area (Å²) in [4.78, 5) is 32.2. The summed E-state index contributed by atoms with van der Waals surface area (Å²) in [6.07, 6.45) is 3.15. The van der Waals surface area contributed by atoms with Crippen molar-refractivity contribution in [3.63, 3.8) is 0 Å². The number of hydrogen-bond acceptors (Lipinski definition) is 4. The molecule has 1 aromatic carbocycles. The van der Waals surface area contributed by atoms with Gasteiger partial charge in [-0.1, -0.05) is 16.8 Å². The second kappa shape index (κ2) is 8.35. The van der Waals surface area contributed by atoms with Crippen LogP contribution in [-0.2, 0) is 13.6 Å². The molecule has 1 fully saturated rings. The number of carbonyl (C=O) groups is 2. The average molecular weight is 430 g/mol. The molecule has 0 bridgehead atoms. The van der Waals surface area contributed by atoms with Gasteiger partial charge in [0.25, 0.3) is 5.91 Å². The lowest BCUT2D eigenvalue weighted by atomic mass is 10.0. The molecule has 0 spiro atoms. The number of halogens is 1. The zero-order valence-electron chi connectivity index (χ0n) is 16.9. The fraction of sp³-hybridized carbons (Fsp3) is 0.400. The highest BCUT2D eigenvalue weighted by Gasteiger charge is 2.30. The summed E-state index contributed by atoms with van der Waals surface area (Å²) in [5, 5.41) is 12.2. The van der Waals surface area contributed by atoms with Crippen LogP contribution in [0, 0.1) is 0 Å². The van der Waals surface area contributed by atoms with Crippen molar-refractivity contribution in [2.24, 2.45) is 7.05 Å². The lowest BCUT2D eigenvalue weighted by Gasteiger charge is -2.37. The fourth-order valence-corrected chi connectivity index (χ4v) is 4.00. The number of urea groups is 1. The molecule has 2 N–H and O–H groups in total. The summed E-state index contributed by atoms with van der Waals surface area (Å²) in [7, 11) is 3.46. The molecule has 9 nitrogen and oxygen atoms in total. The molecule has 4 rings (SSSR count). The van der Waals surface area contributed by atoms with E-state index in [1.165, 1.54) is 10.9 Å².